The lowest BCUT2D eigenvalue weighted by Gasteiger charge is -2.12. The van der Waals surface area contributed by atoms with E-state index >= 15 is 0 Å². The zero-order valence-electron chi connectivity index (χ0n) is 17.7. The van der Waals surface area contributed by atoms with Crippen LogP contribution in [0, 0.1) is 18.3 Å². The van der Waals surface area contributed by atoms with Gasteiger partial charge in [0.15, 0.2) is 11.5 Å². The van der Waals surface area contributed by atoms with Crippen molar-refractivity contribution in [2.75, 3.05) is 11.9 Å². The van der Waals surface area contributed by atoms with Crippen LogP contribution in [-0.4, -0.2) is 46.6 Å². The van der Waals surface area contributed by atoms with E-state index in [2.05, 4.69) is 36.8 Å². The van der Waals surface area contributed by atoms with Crippen molar-refractivity contribution in [2.24, 2.45) is 0 Å². The third-order valence-electron chi connectivity index (χ3n) is 5.27. The fourth-order valence-corrected chi connectivity index (χ4v) is 3.74. The van der Waals surface area contributed by atoms with Crippen LogP contribution in [0.4, 0.5) is 11.5 Å². The molecule has 5 rings (SSSR count). The second-order valence-corrected chi connectivity index (χ2v) is 7.39. The Morgan fingerprint density at radius 3 is 2.91 bits per heavy atom. The summed E-state index contributed by atoms with van der Waals surface area (Å²) in [5.74, 6) is 1.29. The summed E-state index contributed by atoms with van der Waals surface area (Å²) in [6, 6.07) is 15.4. The summed E-state index contributed by atoms with van der Waals surface area (Å²) in [7, 11) is 0. The first-order chi connectivity index (χ1) is 16.2. The molecule has 0 aliphatic carbocycles. The number of aromatic amines is 1. The second kappa shape index (κ2) is 8.49. The van der Waals surface area contributed by atoms with E-state index in [9.17, 15) is 10.4 Å². The highest BCUT2D eigenvalue weighted by atomic mass is 16.2. The van der Waals surface area contributed by atoms with Crippen LogP contribution in [-0.2, 0) is 6.42 Å². The van der Waals surface area contributed by atoms with Gasteiger partial charge in [-0.3, -0.25) is 9.67 Å². The van der Waals surface area contributed by atoms with Crippen LogP contribution >= 0.6 is 0 Å². The van der Waals surface area contributed by atoms with Gasteiger partial charge >= 0.3 is 0 Å². The SMILES string of the molecule is Cc1[nH]nc(C#N)c1-c1nc(-n2cnc3cc(Nc4cccnn4)ccc32)ccc1CCO. The van der Waals surface area contributed by atoms with E-state index in [1.807, 2.05) is 54.0 Å². The Morgan fingerprint density at radius 2 is 2.12 bits per heavy atom. The number of aryl methyl sites for hydroxylation is 1. The summed E-state index contributed by atoms with van der Waals surface area (Å²) in [6.45, 7) is 1.82. The molecule has 0 fully saturated rings. The summed E-state index contributed by atoms with van der Waals surface area (Å²) < 4.78 is 1.88. The highest BCUT2D eigenvalue weighted by Crippen LogP contribution is 2.30. The van der Waals surface area contributed by atoms with Crippen molar-refractivity contribution in [3.05, 3.63) is 71.9 Å². The van der Waals surface area contributed by atoms with Gasteiger partial charge < -0.3 is 10.4 Å². The molecular weight excluding hydrogens is 418 g/mol. The van der Waals surface area contributed by atoms with Gasteiger partial charge in [0.05, 0.1) is 22.3 Å². The number of H-pyrrole nitrogens is 1. The summed E-state index contributed by atoms with van der Waals surface area (Å²) in [4.78, 5) is 9.39. The molecule has 0 radical (unpaired) electrons. The van der Waals surface area contributed by atoms with Crippen molar-refractivity contribution < 1.29 is 5.11 Å². The molecule has 0 aliphatic rings. The highest BCUT2D eigenvalue weighted by Gasteiger charge is 2.19. The Kier molecular flexibility index (Phi) is 5.22. The molecular formula is C23H19N9O. The van der Waals surface area contributed by atoms with Crippen molar-refractivity contribution in [3.63, 3.8) is 0 Å². The number of aliphatic hydroxyl groups is 1. The van der Waals surface area contributed by atoms with Crippen molar-refractivity contribution in [1.82, 2.24) is 34.9 Å². The maximum atomic E-state index is 9.52. The molecule has 10 heteroatoms. The number of nitriles is 1. The second-order valence-electron chi connectivity index (χ2n) is 7.39. The first-order valence-corrected chi connectivity index (χ1v) is 10.3. The van der Waals surface area contributed by atoms with Crippen LogP contribution in [0.5, 0.6) is 0 Å². The predicted molar refractivity (Wildman–Crippen MR) is 122 cm³/mol. The fourth-order valence-electron chi connectivity index (χ4n) is 3.74. The van der Waals surface area contributed by atoms with Gasteiger partial charge in [-0.15, -0.1) is 5.10 Å². The van der Waals surface area contributed by atoms with Gasteiger partial charge in [-0.25, -0.2) is 9.97 Å². The number of nitrogens with zero attached hydrogens (tertiary/aromatic N) is 7. The lowest BCUT2D eigenvalue weighted by molar-refractivity contribution is 0.299. The van der Waals surface area contributed by atoms with Crippen LogP contribution in [0.1, 0.15) is 17.0 Å². The number of benzene rings is 1. The third kappa shape index (κ3) is 3.77. The number of fused-ring (bicyclic) bond motifs is 1. The molecule has 4 aromatic heterocycles. The molecule has 0 bridgehead atoms. The van der Waals surface area contributed by atoms with E-state index < -0.39 is 0 Å². The number of rotatable bonds is 6. The Labute approximate surface area is 188 Å². The van der Waals surface area contributed by atoms with Gasteiger partial charge in [0.2, 0.25) is 0 Å². The summed E-state index contributed by atoms with van der Waals surface area (Å²) in [6.07, 6.45) is 3.75. The first-order valence-electron chi connectivity index (χ1n) is 10.3. The molecule has 4 heterocycles. The van der Waals surface area contributed by atoms with Crippen LogP contribution in [0.15, 0.2) is 55.0 Å². The molecule has 0 amide bonds. The van der Waals surface area contributed by atoms with Crippen LogP contribution in [0.2, 0.25) is 0 Å². The topological polar surface area (TPSA) is 141 Å². The van der Waals surface area contributed by atoms with Crippen molar-refractivity contribution in [2.45, 2.75) is 13.3 Å². The highest BCUT2D eigenvalue weighted by molar-refractivity contribution is 5.82. The standard InChI is InChI=1S/C23H19N9O/c1-14-22(18(12-24)30-29-14)23-15(8-10-33)4-7-21(28-23)32-13-25-17-11-16(5-6-19(17)32)27-20-3-2-9-26-31-20/h2-7,9,11,13,33H,8,10H2,1H3,(H,27,31)(H,29,30). The monoisotopic (exact) mass is 437 g/mol. The number of hydrogen-bond donors (Lipinski definition) is 3. The molecule has 0 spiro atoms. The van der Waals surface area contributed by atoms with E-state index in [0.29, 0.717) is 29.3 Å². The van der Waals surface area contributed by atoms with Gasteiger partial charge in [-0.1, -0.05) is 6.07 Å². The Hall–Kier alpha value is -4.62. The number of imidazole rings is 1. The van der Waals surface area contributed by atoms with Crippen LogP contribution in [0.3, 0.4) is 0 Å². The van der Waals surface area contributed by atoms with Crippen LogP contribution in [0.25, 0.3) is 28.1 Å². The van der Waals surface area contributed by atoms with Gasteiger partial charge in [0.25, 0.3) is 0 Å². The Bertz CT molecular complexity index is 1480. The number of nitrogens with one attached hydrogen (secondary N) is 2. The molecule has 1 aromatic carbocycles. The largest absolute Gasteiger partial charge is 0.396 e. The maximum Gasteiger partial charge on any atom is 0.171 e. The van der Waals surface area contributed by atoms with E-state index in [1.54, 1.807) is 12.5 Å². The molecule has 162 valence electrons. The number of anilines is 2. The van der Waals surface area contributed by atoms with E-state index in [-0.39, 0.29) is 12.3 Å². The quantitative estimate of drug-likeness (QED) is 0.368. The average Bonchev–Trinajstić information content (AvgIpc) is 3.43. The van der Waals surface area contributed by atoms with Crippen molar-refractivity contribution in [1.29, 1.82) is 5.26 Å². The van der Waals surface area contributed by atoms with Crippen molar-refractivity contribution >= 4 is 22.5 Å². The van der Waals surface area contributed by atoms with E-state index in [4.69, 9.17) is 4.98 Å². The zero-order chi connectivity index (χ0) is 22.8. The number of hydrogen-bond acceptors (Lipinski definition) is 8. The third-order valence-corrected chi connectivity index (χ3v) is 5.27. The number of aliphatic hydroxyl groups excluding tert-OH is 1. The first kappa shape index (κ1) is 20.3. The summed E-state index contributed by atoms with van der Waals surface area (Å²) >= 11 is 0. The maximum absolute atomic E-state index is 9.52. The molecule has 0 unspecified atom stereocenters. The molecule has 5 aromatic rings. The summed E-state index contributed by atoms with van der Waals surface area (Å²) in [5.41, 5.74) is 5.60. The molecule has 0 atom stereocenters. The van der Waals surface area contributed by atoms with E-state index in [1.165, 1.54) is 0 Å². The number of aromatic nitrogens is 7. The van der Waals surface area contributed by atoms with Gasteiger partial charge in [0, 0.05) is 24.2 Å². The minimum atomic E-state index is -0.0254. The minimum absolute atomic E-state index is 0.0254. The Balaban J connectivity index is 1.57. The molecule has 33 heavy (non-hydrogen) atoms. The minimum Gasteiger partial charge on any atom is -0.396 e. The zero-order valence-corrected chi connectivity index (χ0v) is 17.7. The normalized spacial score (nSPS) is 10.9. The molecule has 3 N–H and O–H groups in total. The molecule has 0 saturated carbocycles. The summed E-state index contributed by atoms with van der Waals surface area (Å²) in [5, 5.41) is 37.1. The van der Waals surface area contributed by atoms with E-state index in [0.717, 1.165) is 28.0 Å². The lowest BCUT2D eigenvalue weighted by Crippen LogP contribution is -2.03. The molecule has 0 aliphatic heterocycles. The average molecular weight is 437 g/mol. The fraction of sp³-hybridized carbons (Fsp3) is 0.130. The Morgan fingerprint density at radius 1 is 1.21 bits per heavy atom. The van der Waals surface area contributed by atoms with Gasteiger partial charge in [0.1, 0.15) is 18.2 Å². The number of pyridine rings is 1. The van der Waals surface area contributed by atoms with Gasteiger partial charge in [-0.2, -0.15) is 15.5 Å². The lowest BCUT2D eigenvalue weighted by atomic mass is 10.0. The smallest absolute Gasteiger partial charge is 0.171 e. The van der Waals surface area contributed by atoms with Gasteiger partial charge in [-0.05, 0) is 55.3 Å². The predicted octanol–water partition coefficient (Wildman–Crippen LogP) is 3.06. The molecule has 10 nitrogen and oxygen atoms in total. The van der Waals surface area contributed by atoms with Crippen LogP contribution < -0.4 is 5.32 Å². The molecule has 0 saturated heterocycles. The van der Waals surface area contributed by atoms with Crippen molar-refractivity contribution in [3.8, 4) is 23.1 Å².